The summed E-state index contributed by atoms with van der Waals surface area (Å²) in [4.78, 5) is 16.8. The lowest BCUT2D eigenvalue weighted by Gasteiger charge is -2.47. The summed E-state index contributed by atoms with van der Waals surface area (Å²) in [6, 6.07) is 4.74. The highest BCUT2D eigenvalue weighted by molar-refractivity contribution is 5.76. The number of nitriles is 1. The van der Waals surface area contributed by atoms with E-state index in [1.807, 2.05) is 44.1 Å². The molecule has 0 saturated carbocycles. The number of ether oxygens (including phenoxy) is 2. The Morgan fingerprint density at radius 3 is 2.64 bits per heavy atom. The highest BCUT2D eigenvalue weighted by Crippen LogP contribution is 2.34. The molecule has 1 atom stereocenters. The van der Waals surface area contributed by atoms with Crippen LogP contribution in [0.5, 0.6) is 5.75 Å². The molecule has 0 N–H and O–H groups in total. The Balaban J connectivity index is 1.28. The quantitative estimate of drug-likeness (QED) is 0.549. The predicted molar refractivity (Wildman–Crippen MR) is 134 cm³/mol. The standard InChI is InChI=1S/C26H33N7O3/c1-17-22(18-9-23(35-5)24-19(10-27)11-28-32(24)13-18)12-29-33(17)21-15-31(16-21)20-7-6-8-30(14-20)25(34)36-26(2,3)4/h9,11-13,20-21H,6-8,14-16H2,1-5H3/t20-/m0/s1. The van der Waals surface area contributed by atoms with Crippen LogP contribution >= 0.6 is 0 Å². The Morgan fingerprint density at radius 2 is 1.94 bits per heavy atom. The Kier molecular flexibility index (Phi) is 6.12. The summed E-state index contributed by atoms with van der Waals surface area (Å²) in [7, 11) is 1.60. The van der Waals surface area contributed by atoms with Crippen LogP contribution in [0.15, 0.2) is 24.7 Å². The molecule has 0 unspecified atom stereocenters. The van der Waals surface area contributed by atoms with Crippen LogP contribution in [0.3, 0.4) is 0 Å². The third-order valence-electron chi connectivity index (χ3n) is 7.07. The number of hydrogen-bond acceptors (Lipinski definition) is 7. The van der Waals surface area contributed by atoms with Gasteiger partial charge in [0.25, 0.3) is 0 Å². The van der Waals surface area contributed by atoms with Crippen molar-refractivity contribution in [1.29, 1.82) is 5.26 Å². The molecule has 2 aliphatic rings. The van der Waals surface area contributed by atoms with Crippen molar-refractivity contribution < 1.29 is 14.3 Å². The van der Waals surface area contributed by atoms with Crippen molar-refractivity contribution in [3.05, 3.63) is 35.9 Å². The maximum absolute atomic E-state index is 12.5. The molecule has 5 heterocycles. The van der Waals surface area contributed by atoms with Crippen molar-refractivity contribution in [3.63, 3.8) is 0 Å². The van der Waals surface area contributed by atoms with Crippen LogP contribution in [0.2, 0.25) is 0 Å². The summed E-state index contributed by atoms with van der Waals surface area (Å²) in [5.41, 5.74) is 3.69. The van der Waals surface area contributed by atoms with E-state index in [4.69, 9.17) is 14.6 Å². The molecule has 3 aromatic heterocycles. The number of piperidine rings is 1. The number of nitrogens with zero attached hydrogens (tertiary/aromatic N) is 7. The average Bonchev–Trinajstić information content (AvgIpc) is 3.40. The molecule has 3 aromatic rings. The van der Waals surface area contributed by atoms with Crippen molar-refractivity contribution in [3.8, 4) is 22.9 Å². The van der Waals surface area contributed by atoms with E-state index in [1.54, 1.807) is 17.8 Å². The zero-order chi connectivity index (χ0) is 25.6. The minimum absolute atomic E-state index is 0.219. The van der Waals surface area contributed by atoms with Crippen molar-refractivity contribution in [2.75, 3.05) is 33.3 Å². The number of amides is 1. The van der Waals surface area contributed by atoms with Crippen LogP contribution in [0, 0.1) is 18.3 Å². The van der Waals surface area contributed by atoms with E-state index < -0.39 is 5.60 Å². The molecule has 2 aliphatic heterocycles. The van der Waals surface area contributed by atoms with Gasteiger partial charge < -0.3 is 14.4 Å². The van der Waals surface area contributed by atoms with Crippen LogP contribution in [0.4, 0.5) is 4.79 Å². The first-order valence-corrected chi connectivity index (χ1v) is 12.4. The van der Waals surface area contributed by atoms with E-state index in [9.17, 15) is 10.1 Å². The Hall–Kier alpha value is -3.58. The SMILES string of the molecule is COc1cc(-c2cnn(C3CN([C@H]4CCCN(C(=O)OC(C)(C)C)C4)C3)c2C)cn2ncc(C#N)c12. The maximum Gasteiger partial charge on any atom is 0.410 e. The maximum atomic E-state index is 12.5. The van der Waals surface area contributed by atoms with Crippen LogP contribution in [0.25, 0.3) is 16.6 Å². The van der Waals surface area contributed by atoms with Gasteiger partial charge in [-0.15, -0.1) is 0 Å². The smallest absolute Gasteiger partial charge is 0.410 e. The number of rotatable bonds is 4. The summed E-state index contributed by atoms with van der Waals surface area (Å²) in [6.07, 6.45) is 7.20. The summed E-state index contributed by atoms with van der Waals surface area (Å²) >= 11 is 0. The van der Waals surface area contributed by atoms with Gasteiger partial charge in [-0.1, -0.05) is 0 Å². The summed E-state index contributed by atoms with van der Waals surface area (Å²) in [5, 5.41) is 18.4. The van der Waals surface area contributed by atoms with E-state index >= 15 is 0 Å². The molecule has 0 aliphatic carbocycles. The fourth-order valence-electron chi connectivity index (χ4n) is 5.23. The Bertz CT molecular complexity index is 1320. The summed E-state index contributed by atoms with van der Waals surface area (Å²) < 4.78 is 14.9. The van der Waals surface area contributed by atoms with Crippen molar-refractivity contribution in [2.24, 2.45) is 0 Å². The number of likely N-dealkylation sites (tertiary alicyclic amines) is 2. The van der Waals surface area contributed by atoms with Gasteiger partial charge in [-0.25, -0.2) is 9.31 Å². The Labute approximate surface area is 211 Å². The molecule has 10 heteroatoms. The van der Waals surface area contributed by atoms with Gasteiger partial charge in [-0.3, -0.25) is 9.58 Å². The minimum Gasteiger partial charge on any atom is -0.494 e. The zero-order valence-corrected chi connectivity index (χ0v) is 21.6. The lowest BCUT2D eigenvalue weighted by atomic mass is 9.98. The first-order valence-electron chi connectivity index (χ1n) is 12.4. The predicted octanol–water partition coefficient (Wildman–Crippen LogP) is 3.64. The van der Waals surface area contributed by atoms with E-state index in [2.05, 4.69) is 27.7 Å². The number of fused-ring (bicyclic) bond motifs is 1. The third kappa shape index (κ3) is 4.39. The molecule has 0 spiro atoms. The van der Waals surface area contributed by atoms with Crippen molar-refractivity contribution >= 4 is 11.6 Å². The molecule has 0 bridgehead atoms. The molecule has 1 amide bonds. The number of hydrogen-bond donors (Lipinski definition) is 0. The monoisotopic (exact) mass is 491 g/mol. The first kappa shape index (κ1) is 24.1. The van der Waals surface area contributed by atoms with Gasteiger partial charge in [0.15, 0.2) is 0 Å². The topological polar surface area (TPSA) is 101 Å². The number of aromatic nitrogens is 4. The number of carbonyl (C=O) groups excluding carboxylic acids is 1. The number of pyridine rings is 1. The second-order valence-corrected chi connectivity index (χ2v) is 10.7. The highest BCUT2D eigenvalue weighted by Gasteiger charge is 2.38. The van der Waals surface area contributed by atoms with Crippen LogP contribution in [0.1, 0.15) is 50.9 Å². The largest absolute Gasteiger partial charge is 0.494 e. The fourth-order valence-corrected chi connectivity index (χ4v) is 5.23. The van der Waals surface area contributed by atoms with Crippen LogP contribution in [-0.2, 0) is 4.74 Å². The van der Waals surface area contributed by atoms with Gasteiger partial charge in [0.1, 0.15) is 28.5 Å². The minimum atomic E-state index is -0.481. The highest BCUT2D eigenvalue weighted by atomic mass is 16.6. The lowest BCUT2D eigenvalue weighted by molar-refractivity contribution is -0.00908. The van der Waals surface area contributed by atoms with Crippen LogP contribution in [-0.4, -0.2) is 80.2 Å². The van der Waals surface area contributed by atoms with Crippen molar-refractivity contribution in [1.82, 2.24) is 29.2 Å². The molecule has 5 rings (SSSR count). The molecule has 0 radical (unpaired) electrons. The molecule has 10 nitrogen and oxygen atoms in total. The first-order chi connectivity index (χ1) is 17.2. The molecule has 0 aromatic carbocycles. The zero-order valence-electron chi connectivity index (χ0n) is 21.6. The van der Waals surface area contributed by atoms with Gasteiger partial charge in [-0.2, -0.15) is 15.5 Å². The molecular formula is C26H33N7O3. The molecule has 2 fully saturated rings. The van der Waals surface area contributed by atoms with Crippen molar-refractivity contribution in [2.45, 2.75) is 58.2 Å². The fraction of sp³-hybridized carbons (Fsp3) is 0.538. The molecular weight excluding hydrogens is 458 g/mol. The normalized spacial score (nSPS) is 19.2. The summed E-state index contributed by atoms with van der Waals surface area (Å²) in [6.45, 7) is 11.1. The second-order valence-electron chi connectivity index (χ2n) is 10.7. The van der Waals surface area contributed by atoms with Gasteiger partial charge in [0.2, 0.25) is 0 Å². The van der Waals surface area contributed by atoms with E-state index in [0.29, 0.717) is 29.4 Å². The van der Waals surface area contributed by atoms with Gasteiger partial charge >= 0.3 is 6.09 Å². The van der Waals surface area contributed by atoms with Crippen LogP contribution < -0.4 is 4.74 Å². The number of methoxy groups -OCH3 is 1. The van der Waals surface area contributed by atoms with Gasteiger partial charge in [0, 0.05) is 55.2 Å². The third-order valence-corrected chi connectivity index (χ3v) is 7.07. The molecule has 190 valence electrons. The molecule has 2 saturated heterocycles. The lowest BCUT2D eigenvalue weighted by Crippen LogP contribution is -2.58. The summed E-state index contributed by atoms with van der Waals surface area (Å²) in [5.74, 6) is 0.607. The van der Waals surface area contributed by atoms with E-state index in [-0.39, 0.29) is 12.1 Å². The van der Waals surface area contributed by atoms with E-state index in [0.717, 1.165) is 49.3 Å². The molecule has 36 heavy (non-hydrogen) atoms. The van der Waals surface area contributed by atoms with Gasteiger partial charge in [0.05, 0.1) is 25.5 Å². The Morgan fingerprint density at radius 1 is 1.17 bits per heavy atom. The number of carbonyl (C=O) groups is 1. The average molecular weight is 492 g/mol. The van der Waals surface area contributed by atoms with Gasteiger partial charge in [-0.05, 0) is 46.6 Å². The second kappa shape index (κ2) is 9.13. The van der Waals surface area contributed by atoms with E-state index in [1.165, 1.54) is 0 Å².